The lowest BCUT2D eigenvalue weighted by Crippen LogP contribution is -2.37. The van der Waals surface area contributed by atoms with Crippen LogP contribution in [0.25, 0.3) is 11.1 Å². The first-order chi connectivity index (χ1) is 29.7. The summed E-state index contributed by atoms with van der Waals surface area (Å²) in [7, 11) is 0. The van der Waals surface area contributed by atoms with Gasteiger partial charge in [0.2, 0.25) is 5.91 Å². The van der Waals surface area contributed by atoms with Crippen LogP contribution in [0, 0.1) is 0 Å². The maximum atomic E-state index is 13.2. The summed E-state index contributed by atoms with van der Waals surface area (Å²) in [4.78, 5) is 50.9. The second-order valence-electron chi connectivity index (χ2n) is 16.3. The van der Waals surface area contributed by atoms with E-state index in [4.69, 9.17) is 47.4 Å². The van der Waals surface area contributed by atoms with Gasteiger partial charge in [0.05, 0.1) is 112 Å². The molecule has 2 amide bonds. The number of alkyl carbamates (subject to hydrolysis) is 1. The van der Waals surface area contributed by atoms with E-state index in [-0.39, 0.29) is 82.6 Å². The minimum Gasteiger partial charge on any atom is -0.460 e. The Morgan fingerprint density at radius 1 is 0.516 bits per heavy atom. The first-order valence-electron chi connectivity index (χ1n) is 21.6. The van der Waals surface area contributed by atoms with Crippen LogP contribution in [-0.4, -0.2) is 159 Å². The Labute approximate surface area is 367 Å². The molecule has 2 aromatic rings. The molecular formula is C46H70N2O14. The Bertz CT molecular complexity index is 1510. The molecule has 0 spiro atoms. The number of ether oxygens (including phenoxy) is 10. The molecule has 0 fully saturated rings. The summed E-state index contributed by atoms with van der Waals surface area (Å²) >= 11 is 0. The zero-order valence-electron chi connectivity index (χ0n) is 37.7. The van der Waals surface area contributed by atoms with E-state index < -0.39 is 17.3 Å². The van der Waals surface area contributed by atoms with Crippen LogP contribution in [0.2, 0.25) is 0 Å². The Morgan fingerprint density at radius 3 is 1.35 bits per heavy atom. The van der Waals surface area contributed by atoms with E-state index in [1.54, 1.807) is 4.90 Å². The first kappa shape index (κ1) is 52.2. The van der Waals surface area contributed by atoms with Crippen LogP contribution in [-0.2, 0) is 61.8 Å². The number of benzene rings is 2. The fourth-order valence-corrected chi connectivity index (χ4v) is 6.18. The summed E-state index contributed by atoms with van der Waals surface area (Å²) in [5, 5.41) is 2.73. The lowest BCUT2D eigenvalue weighted by atomic mass is 9.98. The van der Waals surface area contributed by atoms with Gasteiger partial charge in [-0.25, -0.2) is 4.79 Å². The number of esters is 2. The summed E-state index contributed by atoms with van der Waals surface area (Å²) in [6.07, 6.45) is -0.0345. The number of nitrogens with zero attached hydrogens (tertiary/aromatic N) is 1. The monoisotopic (exact) mass is 874 g/mol. The maximum Gasteiger partial charge on any atom is 0.407 e. The summed E-state index contributed by atoms with van der Waals surface area (Å²) in [6.45, 7) is 16.3. The molecule has 0 aliphatic heterocycles. The Morgan fingerprint density at radius 2 is 0.903 bits per heavy atom. The van der Waals surface area contributed by atoms with Crippen molar-refractivity contribution in [3.63, 3.8) is 0 Å². The highest BCUT2D eigenvalue weighted by atomic mass is 16.6. The molecule has 2 aromatic carbocycles. The summed E-state index contributed by atoms with van der Waals surface area (Å²) in [5.74, 6) is -0.762. The average Bonchev–Trinajstić information content (AvgIpc) is 3.53. The highest BCUT2D eigenvalue weighted by Crippen LogP contribution is 2.44. The molecule has 3 rings (SSSR count). The quantitative estimate of drug-likeness (QED) is 0.0568. The highest BCUT2D eigenvalue weighted by molar-refractivity contribution is 5.79. The molecule has 1 aliphatic rings. The maximum absolute atomic E-state index is 13.2. The van der Waals surface area contributed by atoms with Crippen molar-refractivity contribution in [2.24, 2.45) is 0 Å². The van der Waals surface area contributed by atoms with Crippen molar-refractivity contribution in [1.29, 1.82) is 0 Å². The largest absolute Gasteiger partial charge is 0.460 e. The Hall–Kier alpha value is -4.16. The molecule has 0 aromatic heterocycles. The SMILES string of the molecule is CC(C)(C)OC(=O)CCOCCOCCOCCN(CCOCCOCCOCCC(=O)OC(C)(C)C)C(=O)CCOCCNC(=O)OCC1c2ccccc2-c2ccccc21. The molecule has 0 saturated heterocycles. The van der Waals surface area contributed by atoms with Crippen LogP contribution in [0.5, 0.6) is 0 Å². The molecule has 0 atom stereocenters. The number of hydrogen-bond donors (Lipinski definition) is 1. The van der Waals surface area contributed by atoms with E-state index in [0.29, 0.717) is 79.2 Å². The predicted molar refractivity (Wildman–Crippen MR) is 231 cm³/mol. The second-order valence-corrected chi connectivity index (χ2v) is 16.3. The summed E-state index contributed by atoms with van der Waals surface area (Å²) < 4.78 is 55.2. The van der Waals surface area contributed by atoms with Crippen molar-refractivity contribution >= 4 is 23.9 Å². The lowest BCUT2D eigenvalue weighted by Gasteiger charge is -2.23. The lowest BCUT2D eigenvalue weighted by molar-refractivity contribution is -0.157. The highest BCUT2D eigenvalue weighted by Gasteiger charge is 2.29. The number of carbonyl (C=O) groups excluding carboxylic acids is 4. The third kappa shape index (κ3) is 22.8. The van der Waals surface area contributed by atoms with E-state index in [1.165, 1.54) is 0 Å². The van der Waals surface area contributed by atoms with Gasteiger partial charge in [0.1, 0.15) is 17.8 Å². The summed E-state index contributed by atoms with van der Waals surface area (Å²) in [5.41, 5.74) is 3.56. The van der Waals surface area contributed by atoms with Crippen LogP contribution >= 0.6 is 0 Å². The normalized spacial score (nSPS) is 12.4. The van der Waals surface area contributed by atoms with Gasteiger partial charge < -0.3 is 57.6 Å². The van der Waals surface area contributed by atoms with Gasteiger partial charge >= 0.3 is 18.0 Å². The topological polar surface area (TPSA) is 176 Å². The van der Waals surface area contributed by atoms with E-state index in [2.05, 4.69) is 29.6 Å². The molecule has 0 heterocycles. The number of amides is 2. The molecule has 1 aliphatic carbocycles. The standard InChI is InChI=1S/C46H70N2O14/c1-45(2,3)61-42(50)16-22-54-27-31-58-33-29-56-25-19-48(20-26-57-30-34-59-32-28-55-23-17-43(51)62-46(4,5)6)41(49)15-21-53-24-18-47-44(52)60-35-40-38-13-9-7-11-36(38)37-12-8-10-14-39(37)40/h7-14,40H,15-35H2,1-6H3,(H,47,52). The fraction of sp³-hybridized carbons (Fsp3) is 0.652. The molecule has 348 valence electrons. The van der Waals surface area contributed by atoms with E-state index in [1.807, 2.05) is 65.8 Å². The van der Waals surface area contributed by atoms with Gasteiger partial charge in [0.25, 0.3) is 0 Å². The molecule has 1 N–H and O–H groups in total. The number of fused-ring (bicyclic) bond motifs is 3. The smallest absolute Gasteiger partial charge is 0.407 e. The predicted octanol–water partition coefficient (Wildman–Crippen LogP) is 5.32. The zero-order valence-corrected chi connectivity index (χ0v) is 37.7. The van der Waals surface area contributed by atoms with Gasteiger partial charge in [-0.05, 0) is 63.8 Å². The average molecular weight is 875 g/mol. The van der Waals surface area contributed by atoms with Crippen LogP contribution < -0.4 is 5.32 Å². The fourth-order valence-electron chi connectivity index (χ4n) is 6.18. The van der Waals surface area contributed by atoms with Gasteiger partial charge in [0.15, 0.2) is 0 Å². The number of hydrogen-bond acceptors (Lipinski definition) is 14. The van der Waals surface area contributed by atoms with Crippen molar-refractivity contribution in [3.05, 3.63) is 59.7 Å². The second kappa shape index (κ2) is 29.3. The van der Waals surface area contributed by atoms with E-state index >= 15 is 0 Å². The minimum atomic E-state index is -0.527. The van der Waals surface area contributed by atoms with Crippen molar-refractivity contribution in [2.75, 3.05) is 119 Å². The Kier molecular flexibility index (Phi) is 24.6. The Balaban J connectivity index is 1.28. The van der Waals surface area contributed by atoms with Crippen LogP contribution in [0.1, 0.15) is 77.8 Å². The number of rotatable bonds is 32. The molecule has 0 saturated carbocycles. The van der Waals surface area contributed by atoms with Crippen LogP contribution in [0.15, 0.2) is 48.5 Å². The number of nitrogens with one attached hydrogen (secondary N) is 1. The van der Waals surface area contributed by atoms with E-state index in [0.717, 1.165) is 22.3 Å². The minimum absolute atomic E-state index is 0.0276. The van der Waals surface area contributed by atoms with Crippen molar-refractivity contribution in [2.45, 2.75) is 77.9 Å². The van der Waals surface area contributed by atoms with Crippen molar-refractivity contribution in [3.8, 4) is 11.1 Å². The van der Waals surface area contributed by atoms with Crippen molar-refractivity contribution < 1.29 is 66.5 Å². The van der Waals surface area contributed by atoms with Crippen LogP contribution in [0.3, 0.4) is 0 Å². The van der Waals surface area contributed by atoms with Gasteiger partial charge in [0, 0.05) is 25.6 Å². The first-order valence-corrected chi connectivity index (χ1v) is 21.6. The van der Waals surface area contributed by atoms with Gasteiger partial charge in [-0.1, -0.05) is 48.5 Å². The molecule has 0 unspecified atom stereocenters. The molecule has 0 radical (unpaired) electrons. The van der Waals surface area contributed by atoms with Crippen molar-refractivity contribution in [1.82, 2.24) is 10.2 Å². The van der Waals surface area contributed by atoms with Gasteiger partial charge in [-0.2, -0.15) is 0 Å². The third-order valence-electron chi connectivity index (χ3n) is 8.91. The van der Waals surface area contributed by atoms with Gasteiger partial charge in [-0.3, -0.25) is 14.4 Å². The van der Waals surface area contributed by atoms with E-state index in [9.17, 15) is 19.2 Å². The zero-order chi connectivity index (χ0) is 45.1. The number of carbonyl (C=O) groups is 4. The summed E-state index contributed by atoms with van der Waals surface area (Å²) in [6, 6.07) is 16.3. The van der Waals surface area contributed by atoms with Crippen LogP contribution in [0.4, 0.5) is 4.79 Å². The molecule has 62 heavy (non-hydrogen) atoms. The van der Waals surface area contributed by atoms with Gasteiger partial charge in [-0.15, -0.1) is 0 Å². The molecule has 16 heteroatoms. The molecule has 16 nitrogen and oxygen atoms in total. The molecule has 0 bridgehead atoms. The third-order valence-corrected chi connectivity index (χ3v) is 8.91. The molecular weight excluding hydrogens is 805 g/mol.